The van der Waals surface area contributed by atoms with Gasteiger partial charge < -0.3 is 4.74 Å². The molecule has 0 saturated heterocycles. The van der Waals surface area contributed by atoms with E-state index in [0.29, 0.717) is 11.6 Å². The summed E-state index contributed by atoms with van der Waals surface area (Å²) in [6.07, 6.45) is 7.31. The van der Waals surface area contributed by atoms with Crippen molar-refractivity contribution in [3.8, 4) is 22.9 Å². The smallest absolute Gasteiger partial charge is 0.219 e. The predicted octanol–water partition coefficient (Wildman–Crippen LogP) is 5.42. The molecule has 0 atom stereocenters. The number of aromatic nitrogens is 3. The first-order valence-corrected chi connectivity index (χ1v) is 9.33. The van der Waals surface area contributed by atoms with Gasteiger partial charge in [0.15, 0.2) is 0 Å². The van der Waals surface area contributed by atoms with Crippen molar-refractivity contribution in [1.29, 1.82) is 0 Å². The van der Waals surface area contributed by atoms with Crippen molar-refractivity contribution >= 4 is 0 Å². The highest BCUT2D eigenvalue weighted by Crippen LogP contribution is 2.23. The van der Waals surface area contributed by atoms with Crippen molar-refractivity contribution < 1.29 is 4.74 Å². The topological polar surface area (TPSA) is 47.9 Å². The van der Waals surface area contributed by atoms with E-state index in [1.807, 2.05) is 67.7 Å². The molecule has 0 aliphatic heterocycles. The Morgan fingerprint density at radius 1 is 0.821 bits per heavy atom. The van der Waals surface area contributed by atoms with Crippen molar-refractivity contribution in [1.82, 2.24) is 15.0 Å². The lowest BCUT2D eigenvalue weighted by Crippen LogP contribution is -1.98. The first kappa shape index (κ1) is 17.9. The highest BCUT2D eigenvalue weighted by Gasteiger charge is 2.06. The summed E-state index contributed by atoms with van der Waals surface area (Å²) >= 11 is 0. The van der Waals surface area contributed by atoms with E-state index >= 15 is 0 Å². The summed E-state index contributed by atoms with van der Waals surface area (Å²) in [5.74, 6) is 1.26. The third-order valence-corrected chi connectivity index (χ3v) is 4.60. The van der Waals surface area contributed by atoms with Gasteiger partial charge in [-0.3, -0.25) is 9.97 Å². The molecule has 0 aliphatic carbocycles. The lowest BCUT2D eigenvalue weighted by atomic mass is 10.1. The number of benzene rings is 1. The number of rotatable bonds is 6. The van der Waals surface area contributed by atoms with Crippen LogP contribution in [0.25, 0.3) is 11.3 Å². The second-order valence-electron chi connectivity index (χ2n) is 6.60. The van der Waals surface area contributed by atoms with Crippen molar-refractivity contribution in [2.75, 3.05) is 0 Å². The van der Waals surface area contributed by atoms with Crippen molar-refractivity contribution in [3.63, 3.8) is 0 Å². The van der Waals surface area contributed by atoms with Gasteiger partial charge >= 0.3 is 0 Å². The molecule has 0 radical (unpaired) electrons. The predicted molar refractivity (Wildman–Crippen MR) is 110 cm³/mol. The van der Waals surface area contributed by atoms with E-state index in [1.165, 1.54) is 11.1 Å². The molecule has 0 N–H and O–H groups in total. The van der Waals surface area contributed by atoms with Gasteiger partial charge in [-0.05, 0) is 49.1 Å². The summed E-state index contributed by atoms with van der Waals surface area (Å²) < 4.78 is 5.88. The van der Waals surface area contributed by atoms with E-state index in [4.69, 9.17) is 4.74 Å². The van der Waals surface area contributed by atoms with Gasteiger partial charge in [0.2, 0.25) is 5.88 Å². The Balaban J connectivity index is 1.41. The molecule has 1 aromatic carbocycles. The Hall–Kier alpha value is -3.53. The van der Waals surface area contributed by atoms with Gasteiger partial charge in [0, 0.05) is 29.7 Å². The molecule has 4 aromatic rings. The Bertz CT molecular complexity index is 1030. The van der Waals surface area contributed by atoms with Gasteiger partial charge in [-0.15, -0.1) is 0 Å². The molecule has 0 aliphatic rings. The van der Waals surface area contributed by atoms with Crippen LogP contribution in [-0.2, 0) is 12.8 Å². The molecule has 4 heteroatoms. The summed E-state index contributed by atoms with van der Waals surface area (Å²) in [5, 5.41) is 0. The van der Waals surface area contributed by atoms with Crippen LogP contribution in [0, 0.1) is 6.92 Å². The molecular formula is C24H21N3O. The molecule has 0 fully saturated rings. The van der Waals surface area contributed by atoms with Crippen LogP contribution < -0.4 is 4.74 Å². The van der Waals surface area contributed by atoms with Crippen LogP contribution in [0.2, 0.25) is 0 Å². The average molecular weight is 367 g/mol. The molecular weight excluding hydrogens is 346 g/mol. The number of aryl methyl sites for hydroxylation is 3. The summed E-state index contributed by atoms with van der Waals surface area (Å²) in [6, 6.07) is 22.0. The van der Waals surface area contributed by atoms with Crippen molar-refractivity contribution in [2.24, 2.45) is 0 Å². The van der Waals surface area contributed by atoms with Crippen LogP contribution in [0.3, 0.4) is 0 Å². The molecule has 4 rings (SSSR count). The normalized spacial score (nSPS) is 10.6. The molecule has 3 heterocycles. The maximum Gasteiger partial charge on any atom is 0.219 e. The fraction of sp³-hybridized carbons (Fsp3) is 0.125. The largest absolute Gasteiger partial charge is 0.437 e. The zero-order chi connectivity index (χ0) is 19.2. The number of ether oxygens (including phenoxy) is 1. The van der Waals surface area contributed by atoms with Crippen LogP contribution in [0.1, 0.15) is 16.8 Å². The fourth-order valence-electron chi connectivity index (χ4n) is 3.05. The van der Waals surface area contributed by atoms with Gasteiger partial charge in [-0.2, -0.15) is 0 Å². The second-order valence-corrected chi connectivity index (χ2v) is 6.60. The maximum absolute atomic E-state index is 5.88. The van der Waals surface area contributed by atoms with E-state index < -0.39 is 0 Å². The van der Waals surface area contributed by atoms with Gasteiger partial charge in [0.25, 0.3) is 0 Å². The third kappa shape index (κ3) is 4.41. The number of hydrogen-bond donors (Lipinski definition) is 0. The third-order valence-electron chi connectivity index (χ3n) is 4.60. The number of nitrogens with zero attached hydrogens (tertiary/aromatic N) is 3. The molecule has 138 valence electrons. The van der Waals surface area contributed by atoms with E-state index in [2.05, 4.69) is 27.1 Å². The minimum atomic E-state index is 0.580. The molecule has 0 saturated carbocycles. The molecule has 4 nitrogen and oxygen atoms in total. The Kier molecular flexibility index (Phi) is 5.38. The molecule has 0 spiro atoms. The fourth-order valence-corrected chi connectivity index (χ4v) is 3.05. The minimum absolute atomic E-state index is 0.580. The first-order valence-electron chi connectivity index (χ1n) is 9.33. The average Bonchev–Trinajstić information content (AvgIpc) is 2.75. The SMILES string of the molecule is Cc1nc(Oc2ccc(-c3ccccc3)nc2)ccc1CCc1cccnc1. The molecule has 28 heavy (non-hydrogen) atoms. The number of hydrogen-bond acceptors (Lipinski definition) is 4. The quantitative estimate of drug-likeness (QED) is 0.456. The second kappa shape index (κ2) is 8.44. The summed E-state index contributed by atoms with van der Waals surface area (Å²) in [5.41, 5.74) is 5.43. The van der Waals surface area contributed by atoms with Gasteiger partial charge in [-0.25, -0.2) is 4.98 Å². The maximum atomic E-state index is 5.88. The Labute approximate surface area is 164 Å². The minimum Gasteiger partial charge on any atom is -0.437 e. The van der Waals surface area contributed by atoms with Crippen LogP contribution in [-0.4, -0.2) is 15.0 Å². The van der Waals surface area contributed by atoms with Gasteiger partial charge in [0.05, 0.1) is 11.9 Å². The summed E-state index contributed by atoms with van der Waals surface area (Å²) in [4.78, 5) is 13.2. The molecule has 0 amide bonds. The molecule has 0 unspecified atom stereocenters. The molecule has 0 bridgehead atoms. The van der Waals surface area contributed by atoms with Crippen LogP contribution in [0.4, 0.5) is 0 Å². The van der Waals surface area contributed by atoms with E-state index in [9.17, 15) is 0 Å². The van der Waals surface area contributed by atoms with Gasteiger partial charge in [-0.1, -0.05) is 42.5 Å². The van der Waals surface area contributed by atoms with Crippen LogP contribution >= 0.6 is 0 Å². The van der Waals surface area contributed by atoms with E-state index in [1.54, 1.807) is 12.4 Å². The highest BCUT2D eigenvalue weighted by molar-refractivity contribution is 5.59. The monoisotopic (exact) mass is 367 g/mol. The zero-order valence-corrected chi connectivity index (χ0v) is 15.7. The lowest BCUT2D eigenvalue weighted by Gasteiger charge is -2.09. The van der Waals surface area contributed by atoms with E-state index in [-0.39, 0.29) is 0 Å². The number of pyridine rings is 3. The summed E-state index contributed by atoms with van der Waals surface area (Å²) in [6.45, 7) is 2.02. The van der Waals surface area contributed by atoms with Crippen molar-refractivity contribution in [3.05, 3.63) is 102 Å². The van der Waals surface area contributed by atoms with Crippen LogP contribution in [0.5, 0.6) is 11.6 Å². The first-order chi connectivity index (χ1) is 13.8. The zero-order valence-electron chi connectivity index (χ0n) is 15.7. The van der Waals surface area contributed by atoms with Crippen molar-refractivity contribution in [2.45, 2.75) is 19.8 Å². The van der Waals surface area contributed by atoms with Gasteiger partial charge in [0.1, 0.15) is 5.75 Å². The highest BCUT2D eigenvalue weighted by atomic mass is 16.5. The summed E-state index contributed by atoms with van der Waals surface area (Å²) in [7, 11) is 0. The van der Waals surface area contributed by atoms with E-state index in [0.717, 1.165) is 29.8 Å². The molecule has 3 aromatic heterocycles. The Morgan fingerprint density at radius 2 is 1.71 bits per heavy atom. The Morgan fingerprint density at radius 3 is 2.43 bits per heavy atom. The lowest BCUT2D eigenvalue weighted by molar-refractivity contribution is 0.459. The van der Waals surface area contributed by atoms with Crippen LogP contribution in [0.15, 0.2) is 85.3 Å². The standard InChI is InChI=1S/C24H21N3O/c1-18-20(10-9-19-6-5-15-25-16-19)11-14-24(27-18)28-22-12-13-23(26-17-22)21-7-3-2-4-8-21/h2-8,11-17H,9-10H2,1H3.